The number of thioether (sulfide) groups is 1. The van der Waals surface area contributed by atoms with Crippen LogP contribution in [0.1, 0.15) is 41.5 Å². The van der Waals surface area contributed by atoms with Gasteiger partial charge in [-0.15, -0.1) is 0 Å². The van der Waals surface area contributed by atoms with Crippen LogP contribution in [0, 0.1) is 5.92 Å². The third-order valence-corrected chi connectivity index (χ3v) is 5.13. The summed E-state index contributed by atoms with van der Waals surface area (Å²) in [6.45, 7) is 11.6. The van der Waals surface area contributed by atoms with Gasteiger partial charge < -0.3 is 5.32 Å². The van der Waals surface area contributed by atoms with E-state index in [1.807, 2.05) is 34.6 Å². The van der Waals surface area contributed by atoms with Crippen molar-refractivity contribution in [2.75, 3.05) is 0 Å². The first-order valence-electron chi connectivity index (χ1n) is 9.37. The van der Waals surface area contributed by atoms with Crippen molar-refractivity contribution in [2.24, 2.45) is 5.92 Å². The van der Waals surface area contributed by atoms with Crippen molar-refractivity contribution in [2.45, 2.75) is 64.0 Å². The van der Waals surface area contributed by atoms with Crippen molar-refractivity contribution in [3.05, 3.63) is 33.6 Å². The van der Waals surface area contributed by atoms with Crippen LogP contribution in [0.2, 0.25) is 5.02 Å². The van der Waals surface area contributed by atoms with Gasteiger partial charge in [-0.25, -0.2) is 9.78 Å². The lowest BCUT2D eigenvalue weighted by molar-refractivity contribution is -0.119. The molecule has 158 valence electrons. The molecule has 0 saturated carbocycles. The number of fused-ring (bicyclic) bond motifs is 1. The van der Waals surface area contributed by atoms with Gasteiger partial charge >= 0.3 is 6.03 Å². The lowest BCUT2D eigenvalue weighted by atomic mass is 10.1. The molecule has 2 aromatic rings. The fourth-order valence-corrected chi connectivity index (χ4v) is 3.68. The van der Waals surface area contributed by atoms with Crippen LogP contribution in [-0.2, 0) is 11.3 Å². The molecule has 0 aliphatic heterocycles. The summed E-state index contributed by atoms with van der Waals surface area (Å²) in [5, 5.41) is 5.71. The van der Waals surface area contributed by atoms with Gasteiger partial charge in [-0.2, -0.15) is 0 Å². The molecule has 0 spiro atoms. The molecule has 1 unspecified atom stereocenters. The van der Waals surface area contributed by atoms with E-state index in [4.69, 9.17) is 11.6 Å². The molecule has 2 rings (SSSR count). The van der Waals surface area contributed by atoms with Gasteiger partial charge in [-0.1, -0.05) is 37.2 Å². The fourth-order valence-electron chi connectivity index (χ4n) is 2.59. The van der Waals surface area contributed by atoms with E-state index < -0.39 is 22.7 Å². The van der Waals surface area contributed by atoms with E-state index in [2.05, 4.69) is 15.6 Å². The predicted molar refractivity (Wildman–Crippen MR) is 118 cm³/mol. The first-order valence-corrected chi connectivity index (χ1v) is 10.6. The summed E-state index contributed by atoms with van der Waals surface area (Å²) in [4.78, 5) is 42.0. The van der Waals surface area contributed by atoms with Crippen molar-refractivity contribution >= 4 is 46.2 Å². The lowest BCUT2D eigenvalue weighted by Gasteiger charge is -2.21. The highest BCUT2D eigenvalue weighted by molar-refractivity contribution is 8.00. The minimum Gasteiger partial charge on any atom is -0.333 e. The fraction of sp³-hybridized carbons (Fsp3) is 0.500. The number of carbonyl (C=O) groups is 2. The summed E-state index contributed by atoms with van der Waals surface area (Å²) in [5.41, 5.74) is -0.147. The number of hydrogen-bond donors (Lipinski definition) is 2. The molecule has 7 nitrogen and oxygen atoms in total. The maximum absolute atomic E-state index is 13.0. The summed E-state index contributed by atoms with van der Waals surface area (Å²) in [6.07, 6.45) is 0. The van der Waals surface area contributed by atoms with E-state index in [0.29, 0.717) is 27.6 Å². The Bertz CT molecular complexity index is 982. The Kier molecular flexibility index (Phi) is 7.35. The molecule has 9 heteroatoms. The summed E-state index contributed by atoms with van der Waals surface area (Å²) >= 11 is 7.18. The SMILES string of the molecule is CC(C)Cn1c(SC(C)C(=O)NC(=O)NC(C)(C)C)nc2ccc(Cl)cc2c1=O. The largest absolute Gasteiger partial charge is 0.333 e. The van der Waals surface area contributed by atoms with Crippen LogP contribution in [-0.4, -0.2) is 32.3 Å². The second kappa shape index (κ2) is 9.17. The molecule has 1 aromatic carbocycles. The van der Waals surface area contributed by atoms with Crippen molar-refractivity contribution in [1.82, 2.24) is 20.2 Å². The second-order valence-corrected chi connectivity index (χ2v) is 10.1. The van der Waals surface area contributed by atoms with Gasteiger partial charge in [0.05, 0.1) is 16.2 Å². The molecule has 3 amide bonds. The number of nitrogens with zero attached hydrogens (tertiary/aromatic N) is 2. The van der Waals surface area contributed by atoms with E-state index in [0.717, 1.165) is 11.8 Å². The molecule has 1 aromatic heterocycles. The first-order chi connectivity index (χ1) is 13.4. The number of carbonyl (C=O) groups excluding carboxylic acids is 2. The summed E-state index contributed by atoms with van der Waals surface area (Å²) in [6, 6.07) is 4.40. The topological polar surface area (TPSA) is 93.1 Å². The Hall–Kier alpha value is -2.06. The third-order valence-electron chi connectivity index (χ3n) is 3.81. The number of halogens is 1. The highest BCUT2D eigenvalue weighted by Gasteiger charge is 2.23. The quantitative estimate of drug-likeness (QED) is 0.546. The highest BCUT2D eigenvalue weighted by atomic mass is 35.5. The molecular weight excluding hydrogens is 412 g/mol. The Labute approximate surface area is 179 Å². The normalized spacial score (nSPS) is 12.8. The monoisotopic (exact) mass is 438 g/mol. The number of hydrogen-bond acceptors (Lipinski definition) is 5. The minimum atomic E-state index is -0.629. The van der Waals surface area contributed by atoms with Crippen LogP contribution in [0.25, 0.3) is 10.9 Å². The zero-order valence-corrected chi connectivity index (χ0v) is 19.1. The van der Waals surface area contributed by atoms with Crippen molar-refractivity contribution in [1.29, 1.82) is 0 Å². The van der Waals surface area contributed by atoms with Crippen LogP contribution in [0.4, 0.5) is 4.79 Å². The van der Waals surface area contributed by atoms with Crippen molar-refractivity contribution < 1.29 is 9.59 Å². The second-order valence-electron chi connectivity index (χ2n) is 8.32. The van der Waals surface area contributed by atoms with E-state index in [9.17, 15) is 14.4 Å². The highest BCUT2D eigenvalue weighted by Crippen LogP contribution is 2.24. The zero-order chi connectivity index (χ0) is 21.9. The Balaban J connectivity index is 2.32. The molecule has 0 aliphatic carbocycles. The van der Waals surface area contributed by atoms with Crippen LogP contribution in [0.15, 0.2) is 28.2 Å². The maximum atomic E-state index is 13.0. The Morgan fingerprint density at radius 1 is 1.24 bits per heavy atom. The van der Waals surface area contributed by atoms with Gasteiger partial charge in [0.25, 0.3) is 5.56 Å². The number of rotatable bonds is 5. The van der Waals surface area contributed by atoms with Crippen LogP contribution < -0.4 is 16.2 Å². The predicted octanol–water partition coefficient (Wildman–Crippen LogP) is 3.81. The average molecular weight is 439 g/mol. The Morgan fingerprint density at radius 3 is 2.48 bits per heavy atom. The molecular formula is C20H27ClN4O3S. The van der Waals surface area contributed by atoms with Gasteiger partial charge in [0.1, 0.15) is 0 Å². The summed E-state index contributed by atoms with van der Waals surface area (Å²) < 4.78 is 1.56. The number of aromatic nitrogens is 2. The number of amides is 3. The number of nitrogens with one attached hydrogen (secondary N) is 2. The van der Waals surface area contributed by atoms with Gasteiger partial charge in [0.2, 0.25) is 5.91 Å². The van der Waals surface area contributed by atoms with E-state index in [1.165, 1.54) is 0 Å². The molecule has 0 bridgehead atoms. The molecule has 2 N–H and O–H groups in total. The van der Waals surface area contributed by atoms with Gasteiger partial charge in [0, 0.05) is 17.1 Å². The number of urea groups is 1. The van der Waals surface area contributed by atoms with Crippen LogP contribution >= 0.6 is 23.4 Å². The van der Waals surface area contributed by atoms with Crippen molar-refractivity contribution in [3.8, 4) is 0 Å². The maximum Gasteiger partial charge on any atom is 0.321 e. The van der Waals surface area contributed by atoms with Crippen LogP contribution in [0.3, 0.4) is 0 Å². The average Bonchev–Trinajstić information content (AvgIpc) is 2.56. The standard InChI is InChI=1S/C20H27ClN4O3S/c1-11(2)10-25-17(27)14-9-13(21)7-8-15(14)22-19(25)29-12(3)16(26)23-18(28)24-20(4,5)6/h7-9,11-12H,10H2,1-6H3,(H2,23,24,26,28). The molecule has 29 heavy (non-hydrogen) atoms. The number of imide groups is 1. The molecule has 0 saturated heterocycles. The summed E-state index contributed by atoms with van der Waals surface area (Å²) in [5.74, 6) is -0.259. The minimum absolute atomic E-state index is 0.201. The van der Waals surface area contributed by atoms with E-state index in [1.54, 1.807) is 29.7 Å². The van der Waals surface area contributed by atoms with Gasteiger partial charge in [-0.3, -0.25) is 19.5 Å². The first kappa shape index (κ1) is 23.2. The zero-order valence-electron chi connectivity index (χ0n) is 17.5. The molecule has 0 radical (unpaired) electrons. The molecule has 1 heterocycles. The molecule has 1 atom stereocenters. The van der Waals surface area contributed by atoms with Gasteiger partial charge in [-0.05, 0) is 51.8 Å². The third kappa shape index (κ3) is 6.47. The lowest BCUT2D eigenvalue weighted by Crippen LogP contribution is -2.49. The van der Waals surface area contributed by atoms with E-state index >= 15 is 0 Å². The molecule has 0 fully saturated rings. The van der Waals surface area contributed by atoms with Gasteiger partial charge in [0.15, 0.2) is 5.16 Å². The summed E-state index contributed by atoms with van der Waals surface area (Å²) in [7, 11) is 0. The molecule has 0 aliphatic rings. The smallest absolute Gasteiger partial charge is 0.321 e. The van der Waals surface area contributed by atoms with Crippen LogP contribution in [0.5, 0.6) is 0 Å². The Morgan fingerprint density at radius 2 is 1.90 bits per heavy atom. The number of benzene rings is 1. The van der Waals surface area contributed by atoms with E-state index in [-0.39, 0.29) is 11.5 Å². The van der Waals surface area contributed by atoms with Crippen molar-refractivity contribution in [3.63, 3.8) is 0 Å².